The molecule has 6 nitrogen and oxygen atoms in total. The SMILES string of the molecule is Cc1ccc(S(C)(=O)=O)cc1S(=O)(=O)NCC1CCCN1.Cl. The minimum Gasteiger partial charge on any atom is -0.313 e. The summed E-state index contributed by atoms with van der Waals surface area (Å²) in [6.07, 6.45) is 3.03. The summed E-state index contributed by atoms with van der Waals surface area (Å²) < 4.78 is 50.4. The molecule has 1 atom stereocenters. The van der Waals surface area contributed by atoms with Crippen LogP contribution in [0.1, 0.15) is 18.4 Å². The van der Waals surface area contributed by atoms with Crippen LogP contribution in [0.25, 0.3) is 0 Å². The van der Waals surface area contributed by atoms with E-state index in [1.807, 2.05) is 0 Å². The van der Waals surface area contributed by atoms with Crippen molar-refractivity contribution in [3.63, 3.8) is 0 Å². The Balaban J connectivity index is 0.00000242. The molecular weight excluding hydrogens is 348 g/mol. The maximum absolute atomic E-state index is 12.4. The topological polar surface area (TPSA) is 92.3 Å². The van der Waals surface area contributed by atoms with Gasteiger partial charge in [-0.2, -0.15) is 0 Å². The largest absolute Gasteiger partial charge is 0.313 e. The average Bonchev–Trinajstić information content (AvgIpc) is 2.88. The zero-order valence-electron chi connectivity index (χ0n) is 12.5. The Hall–Kier alpha value is -0.670. The molecule has 0 spiro atoms. The highest BCUT2D eigenvalue weighted by Gasteiger charge is 2.22. The molecule has 1 aliphatic heterocycles. The van der Waals surface area contributed by atoms with Crippen LogP contribution in [0.4, 0.5) is 0 Å². The van der Waals surface area contributed by atoms with Gasteiger partial charge in [-0.1, -0.05) is 6.07 Å². The van der Waals surface area contributed by atoms with E-state index in [1.54, 1.807) is 6.92 Å². The third-order valence-electron chi connectivity index (χ3n) is 3.56. The zero-order valence-corrected chi connectivity index (χ0v) is 14.9. The molecule has 0 aliphatic carbocycles. The fourth-order valence-corrected chi connectivity index (χ4v) is 4.39. The van der Waals surface area contributed by atoms with E-state index in [4.69, 9.17) is 0 Å². The molecule has 1 aromatic carbocycles. The lowest BCUT2D eigenvalue weighted by molar-refractivity contribution is 0.551. The van der Waals surface area contributed by atoms with Crippen LogP contribution >= 0.6 is 12.4 Å². The number of hydrogen-bond acceptors (Lipinski definition) is 5. The molecule has 1 aliphatic rings. The molecule has 0 bridgehead atoms. The van der Waals surface area contributed by atoms with Gasteiger partial charge >= 0.3 is 0 Å². The smallest absolute Gasteiger partial charge is 0.240 e. The monoisotopic (exact) mass is 368 g/mol. The number of nitrogens with one attached hydrogen (secondary N) is 2. The molecule has 0 saturated carbocycles. The lowest BCUT2D eigenvalue weighted by atomic mass is 10.2. The van der Waals surface area contributed by atoms with E-state index in [1.165, 1.54) is 18.2 Å². The molecular formula is C13H21ClN2O4S2. The molecule has 126 valence electrons. The highest BCUT2D eigenvalue weighted by Crippen LogP contribution is 2.20. The molecule has 1 aromatic rings. The summed E-state index contributed by atoms with van der Waals surface area (Å²) in [5, 5.41) is 3.21. The molecule has 0 aromatic heterocycles. The van der Waals surface area contributed by atoms with Crippen molar-refractivity contribution in [2.75, 3.05) is 19.3 Å². The van der Waals surface area contributed by atoms with Crippen LogP contribution in [-0.4, -0.2) is 42.2 Å². The van der Waals surface area contributed by atoms with Gasteiger partial charge in [-0.3, -0.25) is 0 Å². The standard InChI is InChI=1S/C13H20N2O4S2.ClH/c1-10-5-6-12(20(2,16)17)8-13(10)21(18,19)15-9-11-4-3-7-14-11;/h5-6,8,11,14-15H,3-4,7,9H2,1-2H3;1H. The summed E-state index contributed by atoms with van der Waals surface area (Å²) in [5.41, 5.74) is 0.522. The third kappa shape index (κ3) is 4.66. The van der Waals surface area contributed by atoms with Crippen LogP contribution in [0, 0.1) is 6.92 Å². The van der Waals surface area contributed by atoms with E-state index in [0.29, 0.717) is 12.1 Å². The van der Waals surface area contributed by atoms with E-state index in [9.17, 15) is 16.8 Å². The first-order valence-corrected chi connectivity index (χ1v) is 10.1. The van der Waals surface area contributed by atoms with Gasteiger partial charge in [0.25, 0.3) is 0 Å². The van der Waals surface area contributed by atoms with Crippen LogP contribution in [0.5, 0.6) is 0 Å². The molecule has 1 fully saturated rings. The predicted molar refractivity (Wildman–Crippen MR) is 87.8 cm³/mol. The molecule has 9 heteroatoms. The van der Waals surface area contributed by atoms with Gasteiger partial charge in [0.1, 0.15) is 0 Å². The van der Waals surface area contributed by atoms with Crippen molar-refractivity contribution in [1.29, 1.82) is 0 Å². The van der Waals surface area contributed by atoms with Crippen molar-refractivity contribution in [3.8, 4) is 0 Å². The molecule has 1 saturated heterocycles. The Morgan fingerprint density at radius 3 is 2.50 bits per heavy atom. The van der Waals surface area contributed by atoms with Gasteiger partial charge in [0.05, 0.1) is 9.79 Å². The summed E-state index contributed by atoms with van der Waals surface area (Å²) in [6, 6.07) is 4.29. The predicted octanol–water partition coefficient (Wildman–Crippen LogP) is 0.851. The van der Waals surface area contributed by atoms with E-state index in [2.05, 4.69) is 10.0 Å². The van der Waals surface area contributed by atoms with Crippen LogP contribution in [-0.2, 0) is 19.9 Å². The van der Waals surface area contributed by atoms with Crippen molar-refractivity contribution in [2.45, 2.75) is 35.6 Å². The highest BCUT2D eigenvalue weighted by atomic mass is 35.5. The zero-order chi connectivity index (χ0) is 15.7. The number of hydrogen-bond donors (Lipinski definition) is 2. The van der Waals surface area contributed by atoms with Gasteiger partial charge in [0.15, 0.2) is 9.84 Å². The van der Waals surface area contributed by atoms with Crippen LogP contribution < -0.4 is 10.0 Å². The second kappa shape index (κ2) is 7.27. The Morgan fingerprint density at radius 2 is 1.95 bits per heavy atom. The quantitative estimate of drug-likeness (QED) is 0.803. The van der Waals surface area contributed by atoms with E-state index in [-0.39, 0.29) is 28.2 Å². The van der Waals surface area contributed by atoms with Gasteiger partial charge < -0.3 is 5.32 Å². The van der Waals surface area contributed by atoms with Crippen molar-refractivity contribution in [1.82, 2.24) is 10.0 Å². The van der Waals surface area contributed by atoms with Gasteiger partial charge in [0, 0.05) is 18.8 Å². The molecule has 0 amide bonds. The first kappa shape index (κ1) is 19.4. The van der Waals surface area contributed by atoms with Gasteiger partial charge in [-0.15, -0.1) is 12.4 Å². The summed E-state index contributed by atoms with van der Waals surface area (Å²) in [6.45, 7) is 2.86. The lowest BCUT2D eigenvalue weighted by Gasteiger charge is -2.14. The number of halogens is 1. The number of rotatable bonds is 5. The first-order chi connectivity index (χ1) is 9.70. The number of sulfone groups is 1. The third-order valence-corrected chi connectivity index (χ3v) is 6.24. The second-order valence-corrected chi connectivity index (χ2v) is 9.10. The Morgan fingerprint density at radius 1 is 1.27 bits per heavy atom. The van der Waals surface area contributed by atoms with Gasteiger partial charge in [-0.25, -0.2) is 21.6 Å². The van der Waals surface area contributed by atoms with Crippen molar-refractivity contribution < 1.29 is 16.8 Å². The molecule has 1 heterocycles. The van der Waals surface area contributed by atoms with Crippen LogP contribution in [0.2, 0.25) is 0 Å². The minimum atomic E-state index is -3.72. The maximum atomic E-state index is 12.4. The molecule has 22 heavy (non-hydrogen) atoms. The van der Waals surface area contributed by atoms with Gasteiger partial charge in [-0.05, 0) is 44.0 Å². The van der Waals surface area contributed by atoms with E-state index < -0.39 is 19.9 Å². The Labute approximate surface area is 138 Å². The molecule has 2 N–H and O–H groups in total. The first-order valence-electron chi connectivity index (χ1n) is 6.74. The fourth-order valence-electron chi connectivity index (χ4n) is 2.32. The molecule has 1 unspecified atom stereocenters. The van der Waals surface area contributed by atoms with Gasteiger partial charge in [0.2, 0.25) is 10.0 Å². The maximum Gasteiger partial charge on any atom is 0.240 e. The van der Waals surface area contributed by atoms with E-state index in [0.717, 1.165) is 25.6 Å². The van der Waals surface area contributed by atoms with E-state index >= 15 is 0 Å². The number of benzene rings is 1. The van der Waals surface area contributed by atoms with Crippen molar-refractivity contribution in [2.24, 2.45) is 0 Å². The summed E-state index contributed by atoms with van der Waals surface area (Å²) >= 11 is 0. The number of aryl methyl sites for hydroxylation is 1. The van der Waals surface area contributed by atoms with Crippen molar-refractivity contribution >= 4 is 32.3 Å². The minimum absolute atomic E-state index is 0. The second-order valence-electron chi connectivity index (χ2n) is 5.34. The normalized spacial score (nSPS) is 18.9. The number of sulfonamides is 1. The highest BCUT2D eigenvalue weighted by molar-refractivity contribution is 7.91. The van der Waals surface area contributed by atoms with Crippen molar-refractivity contribution in [3.05, 3.63) is 23.8 Å². The molecule has 2 rings (SSSR count). The van der Waals surface area contributed by atoms with Crippen LogP contribution in [0.15, 0.2) is 28.0 Å². The Bertz CT molecular complexity index is 726. The molecule has 0 radical (unpaired) electrons. The summed E-state index contributed by atoms with van der Waals surface area (Å²) in [5.74, 6) is 0. The summed E-state index contributed by atoms with van der Waals surface area (Å²) in [4.78, 5) is 0.0240. The summed E-state index contributed by atoms with van der Waals surface area (Å²) in [7, 11) is -7.15. The Kier molecular flexibility index (Phi) is 6.40. The fraction of sp³-hybridized carbons (Fsp3) is 0.538. The lowest BCUT2D eigenvalue weighted by Crippen LogP contribution is -2.37. The average molecular weight is 369 g/mol. The van der Waals surface area contributed by atoms with Crippen LogP contribution in [0.3, 0.4) is 0 Å².